The predicted molar refractivity (Wildman–Crippen MR) is 64.6 cm³/mol. The highest BCUT2D eigenvalue weighted by Crippen LogP contribution is 2.38. The molecule has 0 radical (unpaired) electrons. The van der Waals surface area contributed by atoms with Crippen LogP contribution in [0.4, 0.5) is 0 Å². The monoisotopic (exact) mass is 238 g/mol. The highest BCUT2D eigenvalue weighted by atomic mass is 16.5. The fraction of sp³-hybridized carbons (Fsp3) is 0.462. The Labute approximate surface area is 101 Å². The van der Waals surface area contributed by atoms with Crippen molar-refractivity contribution < 1.29 is 19.7 Å². The van der Waals surface area contributed by atoms with Gasteiger partial charge in [-0.1, -0.05) is 19.4 Å². The van der Waals surface area contributed by atoms with Crippen LogP contribution >= 0.6 is 0 Å². The molecule has 0 aliphatic rings. The van der Waals surface area contributed by atoms with E-state index in [0.29, 0.717) is 12.2 Å². The van der Waals surface area contributed by atoms with E-state index in [1.807, 2.05) is 6.92 Å². The summed E-state index contributed by atoms with van der Waals surface area (Å²) >= 11 is 0. The first-order valence-electron chi connectivity index (χ1n) is 5.72. The quantitative estimate of drug-likeness (QED) is 0.590. The third-order valence-electron chi connectivity index (χ3n) is 2.39. The van der Waals surface area contributed by atoms with Gasteiger partial charge in [0.05, 0.1) is 6.61 Å². The Morgan fingerprint density at radius 1 is 1.29 bits per heavy atom. The first-order chi connectivity index (χ1) is 8.06. The van der Waals surface area contributed by atoms with E-state index in [1.165, 1.54) is 6.92 Å². The molecule has 1 rings (SSSR count). The maximum atomic E-state index is 10.9. The van der Waals surface area contributed by atoms with Crippen LogP contribution < -0.4 is 4.74 Å². The van der Waals surface area contributed by atoms with Gasteiger partial charge in [0, 0.05) is 12.0 Å². The second-order valence-corrected chi connectivity index (χ2v) is 4.00. The molecule has 4 heteroatoms. The summed E-state index contributed by atoms with van der Waals surface area (Å²) in [7, 11) is 0. The molecule has 0 aromatic heterocycles. The number of Topliss-reactive ketones (excluding diaryl/α,β-unsaturated/α-hetero) is 1. The summed E-state index contributed by atoms with van der Waals surface area (Å²) in [5.41, 5.74) is 0.415. The maximum absolute atomic E-state index is 10.9. The summed E-state index contributed by atoms with van der Waals surface area (Å²) in [5.74, 6) is -0.378. The number of phenols is 2. The van der Waals surface area contributed by atoms with Crippen LogP contribution in [-0.2, 0) is 11.2 Å². The van der Waals surface area contributed by atoms with Crippen LogP contribution in [0.2, 0.25) is 0 Å². The SMILES string of the molecule is CCCCOc1ccc(CC(C)=O)c(O)c1O. The van der Waals surface area contributed by atoms with Crippen molar-refractivity contribution in [3.8, 4) is 17.2 Å². The number of carbonyl (C=O) groups is 1. The zero-order valence-electron chi connectivity index (χ0n) is 10.2. The predicted octanol–water partition coefficient (Wildman–Crippen LogP) is 2.41. The molecule has 1 aromatic carbocycles. The second kappa shape index (κ2) is 6.13. The minimum atomic E-state index is -0.292. The Hall–Kier alpha value is -1.71. The molecule has 0 aliphatic carbocycles. The molecular formula is C13H18O4. The number of ether oxygens (including phenoxy) is 1. The molecule has 0 unspecified atom stereocenters. The van der Waals surface area contributed by atoms with E-state index in [-0.39, 0.29) is 29.5 Å². The van der Waals surface area contributed by atoms with E-state index in [0.717, 1.165) is 12.8 Å². The number of hydrogen-bond donors (Lipinski definition) is 2. The molecule has 2 N–H and O–H groups in total. The van der Waals surface area contributed by atoms with Crippen LogP contribution in [0.25, 0.3) is 0 Å². The summed E-state index contributed by atoms with van der Waals surface area (Å²) < 4.78 is 5.32. The molecule has 17 heavy (non-hydrogen) atoms. The number of ketones is 1. The minimum Gasteiger partial charge on any atom is -0.504 e. The van der Waals surface area contributed by atoms with Crippen molar-refractivity contribution in [3.63, 3.8) is 0 Å². The van der Waals surface area contributed by atoms with Gasteiger partial charge in [-0.05, 0) is 19.4 Å². The van der Waals surface area contributed by atoms with Crippen LogP contribution in [-0.4, -0.2) is 22.6 Å². The van der Waals surface area contributed by atoms with Gasteiger partial charge in [-0.15, -0.1) is 0 Å². The molecule has 0 aliphatic heterocycles. The summed E-state index contributed by atoms with van der Waals surface area (Å²) in [4.78, 5) is 10.9. The van der Waals surface area contributed by atoms with Crippen LogP contribution in [0, 0.1) is 0 Å². The van der Waals surface area contributed by atoms with E-state index >= 15 is 0 Å². The zero-order chi connectivity index (χ0) is 12.8. The molecular weight excluding hydrogens is 220 g/mol. The van der Waals surface area contributed by atoms with Crippen LogP contribution in [0.15, 0.2) is 12.1 Å². The van der Waals surface area contributed by atoms with E-state index < -0.39 is 0 Å². The van der Waals surface area contributed by atoms with Gasteiger partial charge in [-0.2, -0.15) is 0 Å². The van der Waals surface area contributed by atoms with Gasteiger partial charge in [-0.25, -0.2) is 0 Å². The molecule has 0 heterocycles. The molecule has 4 nitrogen and oxygen atoms in total. The molecule has 0 bridgehead atoms. The topological polar surface area (TPSA) is 66.8 Å². The van der Waals surface area contributed by atoms with Crippen molar-refractivity contribution in [3.05, 3.63) is 17.7 Å². The third kappa shape index (κ3) is 3.66. The Bertz CT molecular complexity index is 399. The number of rotatable bonds is 6. The lowest BCUT2D eigenvalue weighted by Crippen LogP contribution is -2.00. The van der Waals surface area contributed by atoms with E-state index in [4.69, 9.17) is 4.74 Å². The van der Waals surface area contributed by atoms with Crippen molar-refractivity contribution in [2.24, 2.45) is 0 Å². The number of unbranched alkanes of at least 4 members (excludes halogenated alkanes) is 1. The first kappa shape index (κ1) is 13.4. The van der Waals surface area contributed by atoms with Crippen LogP contribution in [0.1, 0.15) is 32.3 Å². The average Bonchev–Trinajstić information content (AvgIpc) is 2.28. The van der Waals surface area contributed by atoms with Crippen molar-refractivity contribution in [1.29, 1.82) is 0 Å². The Morgan fingerprint density at radius 2 is 2.00 bits per heavy atom. The van der Waals surface area contributed by atoms with Crippen molar-refractivity contribution in [2.75, 3.05) is 6.61 Å². The van der Waals surface area contributed by atoms with Crippen molar-refractivity contribution >= 4 is 5.78 Å². The molecule has 0 spiro atoms. The lowest BCUT2D eigenvalue weighted by atomic mass is 10.1. The Balaban J connectivity index is 2.82. The second-order valence-electron chi connectivity index (χ2n) is 4.00. The highest BCUT2D eigenvalue weighted by Gasteiger charge is 2.13. The van der Waals surface area contributed by atoms with Gasteiger partial charge < -0.3 is 14.9 Å². The van der Waals surface area contributed by atoms with Gasteiger partial charge in [0.25, 0.3) is 0 Å². The van der Waals surface area contributed by atoms with E-state index in [9.17, 15) is 15.0 Å². The van der Waals surface area contributed by atoms with Crippen molar-refractivity contribution in [1.82, 2.24) is 0 Å². The Kier molecular flexibility index (Phi) is 4.82. The van der Waals surface area contributed by atoms with Gasteiger partial charge in [0.15, 0.2) is 11.5 Å². The third-order valence-corrected chi connectivity index (χ3v) is 2.39. The van der Waals surface area contributed by atoms with Crippen LogP contribution in [0.3, 0.4) is 0 Å². The normalized spacial score (nSPS) is 10.2. The summed E-state index contributed by atoms with van der Waals surface area (Å²) in [5, 5.41) is 19.4. The van der Waals surface area contributed by atoms with E-state index in [1.54, 1.807) is 12.1 Å². The number of benzene rings is 1. The molecule has 0 saturated heterocycles. The molecule has 0 atom stereocenters. The van der Waals surface area contributed by atoms with Gasteiger partial charge >= 0.3 is 0 Å². The number of carbonyl (C=O) groups excluding carboxylic acids is 1. The minimum absolute atomic E-state index is 0.0700. The Morgan fingerprint density at radius 3 is 2.59 bits per heavy atom. The van der Waals surface area contributed by atoms with Crippen LogP contribution in [0.5, 0.6) is 17.2 Å². The summed E-state index contributed by atoms with van der Waals surface area (Å²) in [6, 6.07) is 3.17. The van der Waals surface area contributed by atoms with Gasteiger partial charge in [0.2, 0.25) is 5.75 Å². The molecule has 0 fully saturated rings. The molecule has 94 valence electrons. The fourth-order valence-corrected chi connectivity index (χ4v) is 1.46. The highest BCUT2D eigenvalue weighted by molar-refractivity contribution is 5.79. The smallest absolute Gasteiger partial charge is 0.200 e. The molecule has 0 saturated carbocycles. The molecule has 0 amide bonds. The molecule has 1 aromatic rings. The van der Waals surface area contributed by atoms with Crippen molar-refractivity contribution in [2.45, 2.75) is 33.1 Å². The summed E-state index contributed by atoms with van der Waals surface area (Å²) in [6.07, 6.45) is 1.99. The maximum Gasteiger partial charge on any atom is 0.200 e. The number of aromatic hydroxyl groups is 2. The number of phenolic OH excluding ortho intramolecular Hbond substituents is 2. The number of hydrogen-bond acceptors (Lipinski definition) is 4. The van der Waals surface area contributed by atoms with E-state index in [2.05, 4.69) is 0 Å². The largest absolute Gasteiger partial charge is 0.504 e. The standard InChI is InChI=1S/C13H18O4/c1-3-4-7-17-11-6-5-10(8-9(2)14)12(15)13(11)16/h5-6,15-16H,3-4,7-8H2,1-2H3. The average molecular weight is 238 g/mol. The van der Waals surface area contributed by atoms with Gasteiger partial charge in [-0.3, -0.25) is 4.79 Å². The summed E-state index contributed by atoms with van der Waals surface area (Å²) in [6.45, 7) is 3.97. The lowest BCUT2D eigenvalue weighted by molar-refractivity contribution is -0.116. The van der Waals surface area contributed by atoms with Gasteiger partial charge in [0.1, 0.15) is 5.78 Å². The fourth-order valence-electron chi connectivity index (χ4n) is 1.46. The zero-order valence-corrected chi connectivity index (χ0v) is 10.2. The lowest BCUT2D eigenvalue weighted by Gasteiger charge is -2.11. The first-order valence-corrected chi connectivity index (χ1v) is 5.72.